The molecule has 0 aliphatic carbocycles. The zero-order valence-corrected chi connectivity index (χ0v) is 17.6. The van der Waals surface area contributed by atoms with Crippen molar-refractivity contribution in [1.29, 1.82) is 0 Å². The van der Waals surface area contributed by atoms with Gasteiger partial charge in [0.15, 0.2) is 0 Å². The molecule has 0 atom stereocenters. The van der Waals surface area contributed by atoms with E-state index in [1.54, 1.807) is 36.4 Å². The number of hydrogen-bond donors (Lipinski definition) is 1. The van der Waals surface area contributed by atoms with Crippen molar-refractivity contribution in [3.8, 4) is 0 Å². The molecular weight excluding hydrogens is 436 g/mol. The molecule has 8 heteroatoms. The SMILES string of the molecule is O=C(O)c1ccc2c(S(=O)(=O)c3ccccc3)cc(S(=O)(=O)c3ccccc3)cc2c1. The van der Waals surface area contributed by atoms with Crippen LogP contribution in [0.3, 0.4) is 0 Å². The Morgan fingerprint density at radius 3 is 1.71 bits per heavy atom. The fourth-order valence-electron chi connectivity index (χ4n) is 3.28. The van der Waals surface area contributed by atoms with E-state index in [0.29, 0.717) is 0 Å². The zero-order chi connectivity index (χ0) is 22.2. The Balaban J connectivity index is 2.07. The second-order valence-corrected chi connectivity index (χ2v) is 10.7. The molecular formula is C23H16O6S2. The summed E-state index contributed by atoms with van der Waals surface area (Å²) in [6, 6.07) is 21.7. The highest BCUT2D eigenvalue weighted by molar-refractivity contribution is 7.92. The minimum Gasteiger partial charge on any atom is -0.478 e. The maximum absolute atomic E-state index is 13.4. The Bertz CT molecular complexity index is 1510. The predicted molar refractivity (Wildman–Crippen MR) is 115 cm³/mol. The molecule has 0 aliphatic heterocycles. The van der Waals surface area contributed by atoms with E-state index in [4.69, 9.17) is 0 Å². The van der Waals surface area contributed by atoms with E-state index in [-0.39, 0.29) is 35.9 Å². The molecule has 0 aliphatic rings. The first-order valence-electron chi connectivity index (χ1n) is 9.12. The van der Waals surface area contributed by atoms with E-state index >= 15 is 0 Å². The first kappa shape index (κ1) is 20.8. The molecule has 0 fully saturated rings. The van der Waals surface area contributed by atoms with Crippen molar-refractivity contribution < 1.29 is 26.7 Å². The molecule has 4 rings (SSSR count). The first-order valence-corrected chi connectivity index (χ1v) is 12.1. The van der Waals surface area contributed by atoms with Crippen molar-refractivity contribution in [2.24, 2.45) is 0 Å². The van der Waals surface area contributed by atoms with Crippen molar-refractivity contribution in [1.82, 2.24) is 0 Å². The first-order chi connectivity index (χ1) is 14.7. The maximum Gasteiger partial charge on any atom is 0.335 e. The van der Waals surface area contributed by atoms with Gasteiger partial charge in [-0.15, -0.1) is 0 Å². The van der Waals surface area contributed by atoms with E-state index in [9.17, 15) is 26.7 Å². The van der Waals surface area contributed by atoms with Gasteiger partial charge >= 0.3 is 5.97 Å². The molecule has 0 saturated heterocycles. The largest absolute Gasteiger partial charge is 0.478 e. The molecule has 0 heterocycles. The number of aromatic carboxylic acids is 1. The minimum atomic E-state index is -4.08. The van der Waals surface area contributed by atoms with Crippen LogP contribution in [0.5, 0.6) is 0 Å². The standard InChI is InChI=1S/C23H16O6S2/c24-23(25)16-11-12-21-17(13-16)14-20(30(26,27)18-7-3-1-4-8-18)15-22(21)31(28,29)19-9-5-2-6-10-19/h1-15H,(H,24,25). The number of sulfone groups is 2. The Morgan fingerprint density at radius 2 is 1.16 bits per heavy atom. The van der Waals surface area contributed by atoms with Gasteiger partial charge in [-0.05, 0) is 53.9 Å². The molecule has 4 aromatic rings. The zero-order valence-electron chi connectivity index (χ0n) is 16.0. The Hall–Kier alpha value is -3.49. The Labute approximate surface area is 179 Å². The smallest absolute Gasteiger partial charge is 0.335 e. The fourth-order valence-corrected chi connectivity index (χ4v) is 6.23. The second kappa shape index (κ2) is 7.64. The third-order valence-corrected chi connectivity index (χ3v) is 8.40. The highest BCUT2D eigenvalue weighted by Gasteiger charge is 2.26. The van der Waals surface area contributed by atoms with E-state index in [0.717, 1.165) is 6.07 Å². The van der Waals surface area contributed by atoms with E-state index in [2.05, 4.69) is 0 Å². The van der Waals surface area contributed by atoms with Crippen LogP contribution in [0.1, 0.15) is 10.4 Å². The lowest BCUT2D eigenvalue weighted by Crippen LogP contribution is -2.08. The summed E-state index contributed by atoms with van der Waals surface area (Å²) < 4.78 is 53.1. The number of carboxylic acid groups (broad SMARTS) is 1. The number of rotatable bonds is 5. The Morgan fingerprint density at radius 1 is 0.613 bits per heavy atom. The lowest BCUT2D eigenvalue weighted by atomic mass is 10.1. The average Bonchev–Trinajstić information content (AvgIpc) is 2.79. The molecule has 0 spiro atoms. The summed E-state index contributed by atoms with van der Waals surface area (Å²) in [6.07, 6.45) is 0. The summed E-state index contributed by atoms with van der Waals surface area (Å²) in [5.41, 5.74) is -0.0789. The lowest BCUT2D eigenvalue weighted by molar-refractivity contribution is 0.0697. The van der Waals surface area contributed by atoms with Gasteiger partial charge in [-0.2, -0.15) is 0 Å². The molecule has 31 heavy (non-hydrogen) atoms. The van der Waals surface area contributed by atoms with Crippen LogP contribution in [0.2, 0.25) is 0 Å². The highest BCUT2D eigenvalue weighted by atomic mass is 32.2. The molecule has 156 valence electrons. The van der Waals surface area contributed by atoms with Crippen LogP contribution in [-0.4, -0.2) is 27.9 Å². The van der Waals surface area contributed by atoms with Gasteiger partial charge in [-0.1, -0.05) is 42.5 Å². The quantitative estimate of drug-likeness (QED) is 0.486. The Kier molecular flexibility index (Phi) is 5.12. The van der Waals surface area contributed by atoms with E-state index in [1.807, 2.05) is 0 Å². The third-order valence-electron chi connectivity index (χ3n) is 4.84. The average molecular weight is 453 g/mol. The number of benzene rings is 4. The van der Waals surface area contributed by atoms with Gasteiger partial charge in [0.05, 0.1) is 25.1 Å². The summed E-state index contributed by atoms with van der Waals surface area (Å²) in [5.74, 6) is -1.20. The second-order valence-electron chi connectivity index (χ2n) is 6.80. The molecule has 6 nitrogen and oxygen atoms in total. The van der Waals surface area contributed by atoms with Crippen molar-refractivity contribution in [3.63, 3.8) is 0 Å². The normalized spacial score (nSPS) is 12.0. The van der Waals surface area contributed by atoms with Crippen LogP contribution in [-0.2, 0) is 19.7 Å². The highest BCUT2D eigenvalue weighted by Crippen LogP contribution is 2.33. The summed E-state index contributed by atoms with van der Waals surface area (Å²) in [5, 5.41) is 9.76. The van der Waals surface area contributed by atoms with Crippen LogP contribution < -0.4 is 0 Å². The van der Waals surface area contributed by atoms with Crippen molar-refractivity contribution >= 4 is 36.4 Å². The number of fused-ring (bicyclic) bond motifs is 1. The summed E-state index contributed by atoms with van der Waals surface area (Å²) in [4.78, 5) is 11.0. The molecule has 0 aromatic heterocycles. The van der Waals surface area contributed by atoms with Gasteiger partial charge < -0.3 is 5.11 Å². The number of carbonyl (C=O) groups is 1. The van der Waals surface area contributed by atoms with E-state index in [1.165, 1.54) is 48.5 Å². The minimum absolute atomic E-state index is 0.00629. The fraction of sp³-hybridized carbons (Fsp3) is 0. The molecule has 0 saturated carbocycles. The van der Waals surface area contributed by atoms with Gasteiger partial charge in [0.2, 0.25) is 19.7 Å². The summed E-state index contributed by atoms with van der Waals surface area (Å²) in [7, 11) is -8.12. The summed E-state index contributed by atoms with van der Waals surface area (Å²) in [6.45, 7) is 0. The molecule has 0 amide bonds. The van der Waals surface area contributed by atoms with Gasteiger partial charge in [0.1, 0.15) is 0 Å². The molecule has 4 aromatic carbocycles. The van der Waals surface area contributed by atoms with E-state index < -0.39 is 25.6 Å². The third kappa shape index (κ3) is 3.71. The number of carboxylic acids is 1. The summed E-state index contributed by atoms with van der Waals surface area (Å²) >= 11 is 0. The lowest BCUT2D eigenvalue weighted by Gasteiger charge is -2.13. The van der Waals surface area contributed by atoms with Crippen LogP contribution in [0.25, 0.3) is 10.8 Å². The van der Waals surface area contributed by atoms with Crippen LogP contribution in [0.15, 0.2) is 111 Å². The van der Waals surface area contributed by atoms with Crippen molar-refractivity contribution in [3.05, 3.63) is 96.6 Å². The predicted octanol–water partition coefficient (Wildman–Crippen LogP) is 4.20. The topological polar surface area (TPSA) is 106 Å². The molecule has 0 unspecified atom stereocenters. The van der Waals surface area contributed by atoms with Crippen molar-refractivity contribution in [2.75, 3.05) is 0 Å². The van der Waals surface area contributed by atoms with Crippen LogP contribution in [0.4, 0.5) is 0 Å². The van der Waals surface area contributed by atoms with Gasteiger partial charge in [0.25, 0.3) is 0 Å². The van der Waals surface area contributed by atoms with Crippen LogP contribution in [0, 0.1) is 0 Å². The molecule has 1 N–H and O–H groups in total. The monoisotopic (exact) mass is 452 g/mol. The van der Waals surface area contributed by atoms with Gasteiger partial charge in [0, 0.05) is 5.39 Å². The molecule has 0 radical (unpaired) electrons. The van der Waals surface area contributed by atoms with Gasteiger partial charge in [-0.25, -0.2) is 21.6 Å². The maximum atomic E-state index is 13.4. The van der Waals surface area contributed by atoms with Crippen LogP contribution >= 0.6 is 0 Å². The number of hydrogen-bond acceptors (Lipinski definition) is 5. The van der Waals surface area contributed by atoms with Crippen molar-refractivity contribution in [2.45, 2.75) is 19.6 Å². The van der Waals surface area contributed by atoms with Gasteiger partial charge in [-0.3, -0.25) is 0 Å². The molecule has 0 bridgehead atoms.